The summed E-state index contributed by atoms with van der Waals surface area (Å²) in [6.45, 7) is -0.628. The molecule has 0 aromatic heterocycles. The molecule has 0 fully saturated rings. The Labute approximate surface area is 131 Å². The van der Waals surface area contributed by atoms with Crippen LogP contribution in [0.15, 0.2) is 34.8 Å². The van der Waals surface area contributed by atoms with Crippen molar-refractivity contribution in [2.24, 2.45) is 0 Å². The highest BCUT2D eigenvalue weighted by molar-refractivity contribution is 9.10. The molecule has 0 aliphatic heterocycles. The molecule has 0 spiro atoms. The van der Waals surface area contributed by atoms with Crippen molar-refractivity contribution < 1.29 is 27.1 Å². The second-order valence-electron chi connectivity index (χ2n) is 4.13. The van der Waals surface area contributed by atoms with Crippen LogP contribution in [0.1, 0.15) is 0 Å². The average molecular weight is 378 g/mol. The summed E-state index contributed by atoms with van der Waals surface area (Å²) in [5, 5.41) is 2.00. The van der Waals surface area contributed by atoms with Crippen molar-refractivity contribution in [2.45, 2.75) is 0 Å². The van der Waals surface area contributed by atoms with E-state index in [1.54, 1.807) is 0 Å². The Hall–Kier alpha value is -2.09. The van der Waals surface area contributed by atoms with Gasteiger partial charge in [0.15, 0.2) is 35.6 Å². The van der Waals surface area contributed by atoms with Crippen molar-refractivity contribution >= 4 is 27.5 Å². The van der Waals surface area contributed by atoms with E-state index in [9.17, 15) is 22.4 Å². The van der Waals surface area contributed by atoms with Crippen LogP contribution in [0.2, 0.25) is 0 Å². The summed E-state index contributed by atoms with van der Waals surface area (Å²) in [6, 6.07) is 5.48. The lowest BCUT2D eigenvalue weighted by Gasteiger charge is -2.09. The predicted octanol–water partition coefficient (Wildman–Crippen LogP) is 4.02. The second-order valence-corrected chi connectivity index (χ2v) is 5.05. The van der Waals surface area contributed by atoms with Crippen molar-refractivity contribution in [3.05, 3.63) is 58.1 Å². The van der Waals surface area contributed by atoms with E-state index in [0.29, 0.717) is 10.5 Å². The minimum Gasteiger partial charge on any atom is -0.481 e. The highest BCUT2D eigenvalue weighted by Gasteiger charge is 2.15. The second kappa shape index (κ2) is 6.78. The molecule has 0 bridgehead atoms. The number of nitrogens with one attached hydrogen (secondary N) is 1. The first kappa shape index (κ1) is 16.3. The van der Waals surface area contributed by atoms with E-state index < -0.39 is 41.5 Å². The molecule has 3 nitrogen and oxygen atoms in total. The van der Waals surface area contributed by atoms with E-state index in [0.717, 1.165) is 12.1 Å². The number of benzene rings is 2. The van der Waals surface area contributed by atoms with Crippen molar-refractivity contribution in [2.75, 3.05) is 11.9 Å². The van der Waals surface area contributed by atoms with E-state index in [1.807, 2.05) is 5.32 Å². The SMILES string of the molecule is O=C(COc1ccc(Br)cc1F)Nc1ccc(F)c(F)c1F. The molecule has 0 unspecified atom stereocenters. The van der Waals surface area contributed by atoms with Crippen LogP contribution in [0.25, 0.3) is 0 Å². The van der Waals surface area contributed by atoms with E-state index >= 15 is 0 Å². The summed E-state index contributed by atoms with van der Waals surface area (Å²) < 4.78 is 58.0. The molecule has 0 atom stereocenters. The Balaban J connectivity index is 2.00. The average Bonchev–Trinajstić information content (AvgIpc) is 2.47. The van der Waals surface area contributed by atoms with Crippen LogP contribution in [-0.2, 0) is 4.79 Å². The number of ether oxygens (including phenoxy) is 1. The number of anilines is 1. The maximum Gasteiger partial charge on any atom is 0.262 e. The minimum atomic E-state index is -1.70. The van der Waals surface area contributed by atoms with Crippen molar-refractivity contribution in [1.82, 2.24) is 0 Å². The number of carbonyl (C=O) groups is 1. The van der Waals surface area contributed by atoms with Gasteiger partial charge in [0.2, 0.25) is 0 Å². The monoisotopic (exact) mass is 377 g/mol. The first-order chi connectivity index (χ1) is 10.4. The molecule has 0 heterocycles. The Morgan fingerprint density at radius 2 is 1.77 bits per heavy atom. The summed E-state index contributed by atoms with van der Waals surface area (Å²) in [5.74, 6) is -6.32. The van der Waals surface area contributed by atoms with Crippen molar-refractivity contribution in [3.8, 4) is 5.75 Å². The molecule has 2 rings (SSSR count). The number of halogens is 5. The topological polar surface area (TPSA) is 38.3 Å². The quantitative estimate of drug-likeness (QED) is 0.645. The smallest absolute Gasteiger partial charge is 0.262 e. The molecule has 2 aromatic rings. The molecule has 8 heteroatoms. The van der Waals surface area contributed by atoms with E-state index in [2.05, 4.69) is 15.9 Å². The Morgan fingerprint density at radius 3 is 2.45 bits per heavy atom. The van der Waals surface area contributed by atoms with Gasteiger partial charge in [0.25, 0.3) is 5.91 Å². The van der Waals surface area contributed by atoms with Gasteiger partial charge in [-0.05, 0) is 30.3 Å². The summed E-state index contributed by atoms with van der Waals surface area (Å²) in [7, 11) is 0. The molecule has 0 saturated carbocycles. The van der Waals surface area contributed by atoms with Crippen LogP contribution in [0.5, 0.6) is 5.75 Å². The van der Waals surface area contributed by atoms with Gasteiger partial charge in [-0.1, -0.05) is 15.9 Å². The van der Waals surface area contributed by atoms with E-state index in [4.69, 9.17) is 4.74 Å². The standard InChI is InChI=1S/C14H8BrF4NO2/c15-7-1-4-11(9(17)5-7)22-6-12(21)20-10-3-2-8(16)13(18)14(10)19/h1-5H,6H2,(H,20,21). The van der Waals surface area contributed by atoms with Gasteiger partial charge in [0.1, 0.15) is 0 Å². The summed E-state index contributed by atoms with van der Waals surface area (Å²) >= 11 is 3.06. The maximum absolute atomic E-state index is 13.5. The molecule has 0 saturated heterocycles. The predicted molar refractivity (Wildman–Crippen MR) is 74.5 cm³/mol. The highest BCUT2D eigenvalue weighted by Crippen LogP contribution is 2.22. The molecule has 1 N–H and O–H groups in total. The largest absolute Gasteiger partial charge is 0.481 e. The molecule has 0 radical (unpaired) electrons. The van der Waals surface area contributed by atoms with Crippen LogP contribution < -0.4 is 10.1 Å². The molecule has 22 heavy (non-hydrogen) atoms. The third-order valence-electron chi connectivity index (χ3n) is 2.56. The first-order valence-electron chi connectivity index (χ1n) is 5.89. The zero-order valence-electron chi connectivity index (χ0n) is 10.8. The summed E-state index contributed by atoms with van der Waals surface area (Å²) in [6.07, 6.45) is 0. The maximum atomic E-state index is 13.5. The molecule has 0 aliphatic rings. The number of rotatable bonds is 4. The van der Waals surface area contributed by atoms with Crippen molar-refractivity contribution in [1.29, 1.82) is 0 Å². The zero-order valence-corrected chi connectivity index (χ0v) is 12.4. The van der Waals surface area contributed by atoms with Crippen LogP contribution in [-0.4, -0.2) is 12.5 Å². The fraction of sp³-hybridized carbons (Fsp3) is 0.0714. The fourth-order valence-corrected chi connectivity index (χ4v) is 1.88. The number of amides is 1. The van der Waals surface area contributed by atoms with Gasteiger partial charge < -0.3 is 10.1 Å². The van der Waals surface area contributed by atoms with Gasteiger partial charge in [-0.25, -0.2) is 17.6 Å². The highest BCUT2D eigenvalue weighted by atomic mass is 79.9. The molecule has 0 aliphatic carbocycles. The third-order valence-corrected chi connectivity index (χ3v) is 3.06. The molecule has 2 aromatic carbocycles. The summed E-state index contributed by atoms with van der Waals surface area (Å²) in [4.78, 5) is 11.6. The minimum absolute atomic E-state index is 0.177. The van der Waals surface area contributed by atoms with Gasteiger partial charge in [0.05, 0.1) is 5.69 Å². The van der Waals surface area contributed by atoms with Crippen LogP contribution >= 0.6 is 15.9 Å². The number of hydrogen-bond donors (Lipinski definition) is 1. The van der Waals surface area contributed by atoms with Crippen molar-refractivity contribution in [3.63, 3.8) is 0 Å². The van der Waals surface area contributed by atoms with Crippen LogP contribution in [0.3, 0.4) is 0 Å². The third kappa shape index (κ3) is 3.76. The van der Waals surface area contributed by atoms with Gasteiger partial charge in [0, 0.05) is 4.47 Å². The molecule has 116 valence electrons. The number of carbonyl (C=O) groups excluding carboxylic acids is 1. The fourth-order valence-electron chi connectivity index (χ4n) is 1.54. The van der Waals surface area contributed by atoms with E-state index in [-0.39, 0.29) is 5.75 Å². The Kier molecular flexibility index (Phi) is 5.02. The lowest BCUT2D eigenvalue weighted by molar-refractivity contribution is -0.118. The van der Waals surface area contributed by atoms with Gasteiger partial charge in [-0.3, -0.25) is 4.79 Å². The van der Waals surface area contributed by atoms with Gasteiger partial charge in [-0.15, -0.1) is 0 Å². The Morgan fingerprint density at radius 1 is 1.05 bits per heavy atom. The Bertz CT molecular complexity index is 724. The normalized spacial score (nSPS) is 10.4. The van der Waals surface area contributed by atoms with E-state index in [1.165, 1.54) is 12.1 Å². The zero-order chi connectivity index (χ0) is 16.3. The van der Waals surface area contributed by atoms with Crippen LogP contribution in [0.4, 0.5) is 23.2 Å². The van der Waals surface area contributed by atoms with Gasteiger partial charge in [-0.2, -0.15) is 0 Å². The molecular formula is C14H8BrF4NO2. The number of hydrogen-bond acceptors (Lipinski definition) is 2. The first-order valence-corrected chi connectivity index (χ1v) is 6.69. The molecular weight excluding hydrogens is 370 g/mol. The lowest BCUT2D eigenvalue weighted by Crippen LogP contribution is -2.21. The van der Waals surface area contributed by atoms with Crippen LogP contribution in [0, 0.1) is 23.3 Å². The summed E-state index contributed by atoms with van der Waals surface area (Å²) in [5.41, 5.74) is -0.538. The van der Waals surface area contributed by atoms with Gasteiger partial charge >= 0.3 is 0 Å². The molecule has 1 amide bonds. The lowest BCUT2D eigenvalue weighted by atomic mass is 10.3.